The standard InChI is InChI=1S/C16H22N4/c17-13-14-5-1-2-6-15(14)19-9-11-20(12-10-19)16-7-3-4-8-18-16/h3-4,7-8,14-15H,1-2,5-6,9-12H2. The quantitative estimate of drug-likeness (QED) is 0.827. The fourth-order valence-electron chi connectivity index (χ4n) is 3.52. The van der Waals surface area contributed by atoms with E-state index in [9.17, 15) is 5.26 Å². The van der Waals surface area contributed by atoms with Crippen LogP contribution in [-0.4, -0.2) is 42.1 Å². The molecule has 1 aromatic rings. The molecule has 106 valence electrons. The first-order valence-electron chi connectivity index (χ1n) is 7.68. The van der Waals surface area contributed by atoms with Crippen LogP contribution in [0.2, 0.25) is 0 Å². The van der Waals surface area contributed by atoms with Gasteiger partial charge in [-0.1, -0.05) is 18.9 Å². The summed E-state index contributed by atoms with van der Waals surface area (Å²) < 4.78 is 0. The maximum atomic E-state index is 9.33. The Morgan fingerprint density at radius 3 is 2.60 bits per heavy atom. The number of hydrogen-bond donors (Lipinski definition) is 0. The summed E-state index contributed by atoms with van der Waals surface area (Å²) in [6, 6.07) is 9.09. The highest BCUT2D eigenvalue weighted by atomic mass is 15.3. The fraction of sp³-hybridized carbons (Fsp3) is 0.625. The molecule has 0 amide bonds. The van der Waals surface area contributed by atoms with Crippen LogP contribution in [0, 0.1) is 17.2 Å². The van der Waals surface area contributed by atoms with Crippen LogP contribution < -0.4 is 4.90 Å². The number of nitriles is 1. The van der Waals surface area contributed by atoms with E-state index in [0.29, 0.717) is 6.04 Å². The lowest BCUT2D eigenvalue weighted by Crippen LogP contribution is -2.53. The van der Waals surface area contributed by atoms with Crippen LogP contribution >= 0.6 is 0 Å². The second-order valence-corrected chi connectivity index (χ2v) is 5.80. The van der Waals surface area contributed by atoms with Gasteiger partial charge in [-0.2, -0.15) is 5.26 Å². The number of aromatic nitrogens is 1. The van der Waals surface area contributed by atoms with Crippen LogP contribution in [0.1, 0.15) is 25.7 Å². The third-order valence-electron chi connectivity index (χ3n) is 4.65. The lowest BCUT2D eigenvalue weighted by molar-refractivity contribution is 0.120. The van der Waals surface area contributed by atoms with Gasteiger partial charge in [-0.15, -0.1) is 0 Å². The number of hydrogen-bond acceptors (Lipinski definition) is 4. The molecule has 2 atom stereocenters. The highest BCUT2D eigenvalue weighted by Gasteiger charge is 2.32. The molecule has 0 N–H and O–H groups in total. The molecule has 0 radical (unpaired) electrons. The van der Waals surface area contributed by atoms with Gasteiger partial charge in [0.15, 0.2) is 0 Å². The lowest BCUT2D eigenvalue weighted by Gasteiger charge is -2.42. The van der Waals surface area contributed by atoms with Crippen molar-refractivity contribution in [3.05, 3.63) is 24.4 Å². The Balaban J connectivity index is 1.60. The molecule has 2 heterocycles. The van der Waals surface area contributed by atoms with Gasteiger partial charge in [-0.3, -0.25) is 4.90 Å². The van der Waals surface area contributed by atoms with E-state index in [2.05, 4.69) is 26.9 Å². The van der Waals surface area contributed by atoms with Crippen molar-refractivity contribution in [3.8, 4) is 6.07 Å². The lowest BCUT2D eigenvalue weighted by atomic mass is 9.84. The summed E-state index contributed by atoms with van der Waals surface area (Å²) in [5.41, 5.74) is 0. The van der Waals surface area contributed by atoms with Crippen LogP contribution in [0.4, 0.5) is 5.82 Å². The average Bonchev–Trinajstić information content (AvgIpc) is 2.56. The summed E-state index contributed by atoms with van der Waals surface area (Å²) in [7, 11) is 0. The smallest absolute Gasteiger partial charge is 0.128 e. The summed E-state index contributed by atoms with van der Waals surface area (Å²) in [4.78, 5) is 9.31. The third-order valence-corrected chi connectivity index (χ3v) is 4.65. The molecule has 2 unspecified atom stereocenters. The molecule has 20 heavy (non-hydrogen) atoms. The van der Waals surface area contributed by atoms with Gasteiger partial charge >= 0.3 is 0 Å². The minimum Gasteiger partial charge on any atom is -0.354 e. The topological polar surface area (TPSA) is 43.2 Å². The Kier molecular flexibility index (Phi) is 4.17. The summed E-state index contributed by atoms with van der Waals surface area (Å²) in [6.07, 6.45) is 6.64. The molecule has 2 fully saturated rings. The zero-order valence-corrected chi connectivity index (χ0v) is 11.9. The first-order valence-corrected chi connectivity index (χ1v) is 7.68. The second-order valence-electron chi connectivity index (χ2n) is 5.80. The molecule has 4 nitrogen and oxygen atoms in total. The van der Waals surface area contributed by atoms with Crippen LogP contribution in [0.25, 0.3) is 0 Å². The largest absolute Gasteiger partial charge is 0.354 e. The first-order chi connectivity index (χ1) is 9.88. The predicted molar refractivity (Wildman–Crippen MR) is 79.4 cm³/mol. The molecular weight excluding hydrogens is 248 g/mol. The van der Waals surface area contributed by atoms with E-state index < -0.39 is 0 Å². The van der Waals surface area contributed by atoms with Gasteiger partial charge < -0.3 is 4.90 Å². The monoisotopic (exact) mass is 270 g/mol. The number of anilines is 1. The van der Waals surface area contributed by atoms with Gasteiger partial charge in [0.1, 0.15) is 5.82 Å². The minimum absolute atomic E-state index is 0.241. The molecule has 2 aliphatic rings. The van der Waals surface area contributed by atoms with E-state index in [1.165, 1.54) is 19.3 Å². The molecule has 1 aromatic heterocycles. The zero-order chi connectivity index (χ0) is 13.8. The van der Waals surface area contributed by atoms with Crippen molar-refractivity contribution in [1.82, 2.24) is 9.88 Å². The van der Waals surface area contributed by atoms with Gasteiger partial charge in [-0.25, -0.2) is 4.98 Å². The Morgan fingerprint density at radius 2 is 1.90 bits per heavy atom. The van der Waals surface area contributed by atoms with Crippen molar-refractivity contribution < 1.29 is 0 Å². The van der Waals surface area contributed by atoms with Crippen molar-refractivity contribution >= 4 is 5.82 Å². The molecule has 4 heteroatoms. The molecule has 1 saturated carbocycles. The van der Waals surface area contributed by atoms with E-state index in [-0.39, 0.29) is 5.92 Å². The van der Waals surface area contributed by atoms with Crippen molar-refractivity contribution in [2.45, 2.75) is 31.7 Å². The van der Waals surface area contributed by atoms with Crippen molar-refractivity contribution in [1.29, 1.82) is 5.26 Å². The summed E-state index contributed by atoms with van der Waals surface area (Å²) in [5.74, 6) is 1.32. The highest BCUT2D eigenvalue weighted by molar-refractivity contribution is 5.38. The van der Waals surface area contributed by atoms with E-state index in [4.69, 9.17) is 0 Å². The average molecular weight is 270 g/mol. The molecule has 0 aromatic carbocycles. The molecule has 0 spiro atoms. The number of nitrogens with zero attached hydrogens (tertiary/aromatic N) is 4. The van der Waals surface area contributed by atoms with Gasteiger partial charge in [0.2, 0.25) is 0 Å². The van der Waals surface area contributed by atoms with Crippen LogP contribution in [0.15, 0.2) is 24.4 Å². The minimum atomic E-state index is 0.241. The molecule has 3 rings (SSSR count). The van der Waals surface area contributed by atoms with Crippen LogP contribution in [0.3, 0.4) is 0 Å². The molecule has 0 bridgehead atoms. The Bertz CT molecular complexity index is 459. The van der Waals surface area contributed by atoms with Crippen molar-refractivity contribution in [2.24, 2.45) is 5.92 Å². The Hall–Kier alpha value is -1.60. The number of rotatable bonds is 2. The van der Waals surface area contributed by atoms with Gasteiger partial charge in [0.25, 0.3) is 0 Å². The Labute approximate surface area is 121 Å². The van der Waals surface area contributed by atoms with Crippen molar-refractivity contribution in [2.75, 3.05) is 31.1 Å². The number of piperazine rings is 1. The van der Waals surface area contributed by atoms with E-state index in [0.717, 1.165) is 38.4 Å². The van der Waals surface area contributed by atoms with Gasteiger partial charge in [0, 0.05) is 38.4 Å². The summed E-state index contributed by atoms with van der Waals surface area (Å²) in [5, 5.41) is 9.33. The van der Waals surface area contributed by atoms with Crippen LogP contribution in [0.5, 0.6) is 0 Å². The third kappa shape index (κ3) is 2.78. The van der Waals surface area contributed by atoms with E-state index in [1.807, 2.05) is 18.3 Å². The molecule has 1 aliphatic carbocycles. The van der Waals surface area contributed by atoms with Gasteiger partial charge in [0.05, 0.1) is 12.0 Å². The fourth-order valence-corrected chi connectivity index (χ4v) is 3.52. The van der Waals surface area contributed by atoms with Crippen LogP contribution in [-0.2, 0) is 0 Å². The SMILES string of the molecule is N#CC1CCCCC1N1CCN(c2ccccn2)CC1. The van der Waals surface area contributed by atoms with E-state index >= 15 is 0 Å². The highest BCUT2D eigenvalue weighted by Crippen LogP contribution is 2.29. The predicted octanol–water partition coefficient (Wildman–Crippen LogP) is 2.29. The van der Waals surface area contributed by atoms with Gasteiger partial charge in [-0.05, 0) is 25.0 Å². The molecule has 1 aliphatic heterocycles. The summed E-state index contributed by atoms with van der Waals surface area (Å²) in [6.45, 7) is 4.15. The maximum absolute atomic E-state index is 9.33. The first kappa shape index (κ1) is 13.4. The zero-order valence-electron chi connectivity index (χ0n) is 11.9. The maximum Gasteiger partial charge on any atom is 0.128 e. The molecular formula is C16H22N4. The summed E-state index contributed by atoms with van der Waals surface area (Å²) >= 11 is 0. The Morgan fingerprint density at radius 1 is 1.10 bits per heavy atom. The van der Waals surface area contributed by atoms with E-state index in [1.54, 1.807) is 0 Å². The molecule has 1 saturated heterocycles. The second kappa shape index (κ2) is 6.23. The normalized spacial score (nSPS) is 28.1. The van der Waals surface area contributed by atoms with Crippen molar-refractivity contribution in [3.63, 3.8) is 0 Å². The number of pyridine rings is 1.